The molecule has 17 heavy (non-hydrogen) atoms. The number of halogens is 3. The fourth-order valence-corrected chi connectivity index (χ4v) is 1.81. The van der Waals surface area contributed by atoms with Gasteiger partial charge in [-0.15, -0.1) is 0 Å². The quantitative estimate of drug-likeness (QED) is 0.833. The molecule has 7 heteroatoms. The molecule has 0 atom stereocenters. The Morgan fingerprint density at radius 1 is 1.41 bits per heavy atom. The van der Waals surface area contributed by atoms with Gasteiger partial charge in [-0.1, -0.05) is 0 Å². The van der Waals surface area contributed by atoms with Crippen LogP contribution in [-0.2, 0) is 4.74 Å². The van der Waals surface area contributed by atoms with E-state index in [-0.39, 0.29) is 0 Å². The standard InChI is InChI=1S/C10H17F3N2O2/c1-2-14-9(16)15(7-10(11,12)13)8-3-5-17-6-4-8/h8H,2-7H2,1H3,(H,14,16). The second-order valence-corrected chi connectivity index (χ2v) is 3.92. The van der Waals surface area contributed by atoms with Crippen molar-refractivity contribution in [2.45, 2.75) is 32.0 Å². The van der Waals surface area contributed by atoms with E-state index in [0.717, 1.165) is 4.90 Å². The summed E-state index contributed by atoms with van der Waals surface area (Å²) in [5.74, 6) is 0. The molecule has 1 saturated heterocycles. The van der Waals surface area contributed by atoms with Gasteiger partial charge in [-0.3, -0.25) is 0 Å². The van der Waals surface area contributed by atoms with Gasteiger partial charge in [0, 0.05) is 25.8 Å². The normalized spacial score (nSPS) is 17.9. The first-order chi connectivity index (χ1) is 7.94. The first-order valence-electron chi connectivity index (χ1n) is 5.63. The predicted octanol–water partition coefficient (Wildman–Crippen LogP) is 1.76. The van der Waals surface area contributed by atoms with Crippen molar-refractivity contribution in [3.8, 4) is 0 Å². The van der Waals surface area contributed by atoms with Crippen LogP contribution in [0.4, 0.5) is 18.0 Å². The SMILES string of the molecule is CCNC(=O)N(CC(F)(F)F)C1CCOCC1. The molecule has 0 bridgehead atoms. The fraction of sp³-hybridized carbons (Fsp3) is 0.900. The molecule has 1 aliphatic rings. The third kappa shape index (κ3) is 4.80. The van der Waals surface area contributed by atoms with E-state index in [0.29, 0.717) is 32.6 Å². The lowest BCUT2D eigenvalue weighted by Gasteiger charge is -2.34. The Labute approximate surface area is 98.1 Å². The number of carbonyl (C=O) groups excluding carboxylic acids is 1. The molecule has 0 aromatic heterocycles. The molecule has 0 spiro atoms. The number of amides is 2. The molecule has 0 unspecified atom stereocenters. The van der Waals surface area contributed by atoms with Crippen LogP contribution >= 0.6 is 0 Å². The molecule has 0 aromatic carbocycles. The minimum Gasteiger partial charge on any atom is -0.381 e. The number of hydrogen-bond acceptors (Lipinski definition) is 2. The van der Waals surface area contributed by atoms with Crippen LogP contribution in [0.2, 0.25) is 0 Å². The van der Waals surface area contributed by atoms with Crippen molar-refractivity contribution in [1.29, 1.82) is 0 Å². The minimum absolute atomic E-state index is 0.316. The molecule has 0 aromatic rings. The highest BCUT2D eigenvalue weighted by molar-refractivity contribution is 5.74. The largest absolute Gasteiger partial charge is 0.406 e. The predicted molar refractivity (Wildman–Crippen MR) is 55.7 cm³/mol. The Hall–Kier alpha value is -0.980. The van der Waals surface area contributed by atoms with Gasteiger partial charge in [0.05, 0.1) is 0 Å². The molecular weight excluding hydrogens is 237 g/mol. The number of alkyl halides is 3. The topological polar surface area (TPSA) is 41.6 Å². The number of nitrogens with one attached hydrogen (secondary N) is 1. The van der Waals surface area contributed by atoms with Crippen molar-refractivity contribution in [2.75, 3.05) is 26.3 Å². The van der Waals surface area contributed by atoms with Gasteiger partial charge in [-0.25, -0.2) is 4.79 Å². The van der Waals surface area contributed by atoms with Crippen LogP contribution in [0.1, 0.15) is 19.8 Å². The summed E-state index contributed by atoms with van der Waals surface area (Å²) in [4.78, 5) is 12.5. The Kier molecular flexibility index (Phi) is 5.04. The molecule has 0 saturated carbocycles. The molecular formula is C10H17F3N2O2. The zero-order valence-corrected chi connectivity index (χ0v) is 9.72. The lowest BCUT2D eigenvalue weighted by atomic mass is 10.1. The van der Waals surface area contributed by atoms with Crippen LogP contribution < -0.4 is 5.32 Å². The maximum absolute atomic E-state index is 12.4. The first kappa shape index (κ1) is 14.1. The molecule has 1 fully saturated rings. The number of nitrogens with zero attached hydrogens (tertiary/aromatic N) is 1. The Bertz CT molecular complexity index is 252. The van der Waals surface area contributed by atoms with Crippen LogP contribution in [0.3, 0.4) is 0 Å². The summed E-state index contributed by atoms with van der Waals surface area (Å²) in [5, 5.41) is 2.41. The lowest BCUT2D eigenvalue weighted by molar-refractivity contribution is -0.146. The van der Waals surface area contributed by atoms with E-state index in [4.69, 9.17) is 4.74 Å². The highest BCUT2D eigenvalue weighted by Crippen LogP contribution is 2.22. The van der Waals surface area contributed by atoms with E-state index in [1.54, 1.807) is 6.92 Å². The summed E-state index contributed by atoms with van der Waals surface area (Å²) >= 11 is 0. The van der Waals surface area contributed by atoms with Crippen molar-refractivity contribution < 1.29 is 22.7 Å². The molecule has 1 N–H and O–H groups in total. The second-order valence-electron chi connectivity index (χ2n) is 3.92. The summed E-state index contributed by atoms with van der Waals surface area (Å²) in [6, 6.07) is -1.05. The van der Waals surface area contributed by atoms with Gasteiger partial charge in [-0.2, -0.15) is 13.2 Å². The Morgan fingerprint density at radius 3 is 2.47 bits per heavy atom. The van der Waals surface area contributed by atoms with Crippen molar-refractivity contribution in [2.24, 2.45) is 0 Å². The van der Waals surface area contributed by atoms with Crippen LogP contribution in [0.25, 0.3) is 0 Å². The molecule has 0 radical (unpaired) electrons. The van der Waals surface area contributed by atoms with Crippen LogP contribution in [0, 0.1) is 0 Å². The number of hydrogen-bond donors (Lipinski definition) is 1. The number of carbonyl (C=O) groups is 1. The fourth-order valence-electron chi connectivity index (χ4n) is 1.81. The Balaban J connectivity index is 2.66. The maximum Gasteiger partial charge on any atom is 0.406 e. The first-order valence-corrected chi connectivity index (χ1v) is 5.63. The van der Waals surface area contributed by atoms with Crippen molar-refractivity contribution in [3.05, 3.63) is 0 Å². The van der Waals surface area contributed by atoms with Gasteiger partial charge in [0.25, 0.3) is 0 Å². The summed E-state index contributed by atoms with van der Waals surface area (Å²) in [7, 11) is 0. The third-order valence-electron chi connectivity index (χ3n) is 2.57. The number of rotatable bonds is 3. The number of ether oxygens (including phenoxy) is 1. The van der Waals surface area contributed by atoms with Crippen LogP contribution in [0.15, 0.2) is 0 Å². The van der Waals surface area contributed by atoms with E-state index in [1.165, 1.54) is 0 Å². The summed E-state index contributed by atoms with van der Waals surface area (Å²) in [6.07, 6.45) is -3.47. The molecule has 2 amide bonds. The van der Waals surface area contributed by atoms with Crippen molar-refractivity contribution >= 4 is 6.03 Å². The summed E-state index contributed by atoms with van der Waals surface area (Å²) in [5.41, 5.74) is 0. The maximum atomic E-state index is 12.4. The Morgan fingerprint density at radius 2 is 2.00 bits per heavy atom. The second kappa shape index (κ2) is 6.09. The van der Waals surface area contributed by atoms with Crippen LogP contribution in [0.5, 0.6) is 0 Å². The van der Waals surface area contributed by atoms with Gasteiger partial charge in [0.15, 0.2) is 0 Å². The van der Waals surface area contributed by atoms with Gasteiger partial charge in [0.2, 0.25) is 0 Å². The summed E-state index contributed by atoms with van der Waals surface area (Å²) < 4.78 is 42.3. The van der Waals surface area contributed by atoms with E-state index < -0.39 is 24.8 Å². The number of urea groups is 1. The third-order valence-corrected chi connectivity index (χ3v) is 2.57. The van der Waals surface area contributed by atoms with E-state index in [9.17, 15) is 18.0 Å². The van der Waals surface area contributed by atoms with Gasteiger partial charge in [0.1, 0.15) is 6.54 Å². The van der Waals surface area contributed by atoms with E-state index in [2.05, 4.69) is 5.32 Å². The minimum atomic E-state index is -4.37. The molecule has 0 aliphatic carbocycles. The van der Waals surface area contributed by atoms with Crippen molar-refractivity contribution in [3.63, 3.8) is 0 Å². The summed E-state index contributed by atoms with van der Waals surface area (Å²) in [6.45, 7) is 1.59. The zero-order chi connectivity index (χ0) is 12.9. The monoisotopic (exact) mass is 254 g/mol. The molecule has 1 aliphatic heterocycles. The van der Waals surface area contributed by atoms with E-state index >= 15 is 0 Å². The highest BCUT2D eigenvalue weighted by Gasteiger charge is 2.36. The average Bonchev–Trinajstić information content (AvgIpc) is 2.26. The zero-order valence-electron chi connectivity index (χ0n) is 9.72. The lowest BCUT2D eigenvalue weighted by Crippen LogP contribution is -2.51. The molecule has 4 nitrogen and oxygen atoms in total. The van der Waals surface area contributed by atoms with E-state index in [1.807, 2.05) is 0 Å². The molecule has 1 rings (SSSR count). The highest BCUT2D eigenvalue weighted by atomic mass is 19.4. The smallest absolute Gasteiger partial charge is 0.381 e. The van der Waals surface area contributed by atoms with Crippen LogP contribution in [-0.4, -0.2) is 49.5 Å². The average molecular weight is 254 g/mol. The molecule has 100 valence electrons. The van der Waals surface area contributed by atoms with Gasteiger partial charge < -0.3 is 15.0 Å². The van der Waals surface area contributed by atoms with Crippen molar-refractivity contribution in [1.82, 2.24) is 10.2 Å². The van der Waals surface area contributed by atoms with Gasteiger partial charge in [-0.05, 0) is 19.8 Å². The molecule has 1 heterocycles. The van der Waals surface area contributed by atoms with Gasteiger partial charge >= 0.3 is 12.2 Å².